The van der Waals surface area contributed by atoms with Crippen LogP contribution in [0.1, 0.15) is 49.6 Å². The molecule has 0 spiro atoms. The van der Waals surface area contributed by atoms with Crippen LogP contribution < -0.4 is 5.32 Å². The highest BCUT2D eigenvalue weighted by molar-refractivity contribution is 14.0. The molecule has 8 nitrogen and oxygen atoms in total. The highest BCUT2D eigenvalue weighted by Crippen LogP contribution is 2.13. The van der Waals surface area contributed by atoms with Gasteiger partial charge in [0.2, 0.25) is 5.91 Å². The predicted molar refractivity (Wildman–Crippen MR) is 134 cm³/mol. The van der Waals surface area contributed by atoms with Crippen LogP contribution in [-0.2, 0) is 11.2 Å². The molecule has 0 aliphatic carbocycles. The van der Waals surface area contributed by atoms with E-state index < -0.39 is 0 Å². The van der Waals surface area contributed by atoms with Gasteiger partial charge in [-0.25, -0.2) is 0 Å². The summed E-state index contributed by atoms with van der Waals surface area (Å²) in [6, 6.07) is 0. The fourth-order valence-corrected chi connectivity index (χ4v) is 4.29. The van der Waals surface area contributed by atoms with Crippen molar-refractivity contribution < 1.29 is 9.32 Å². The number of likely N-dealkylation sites (tertiary alicyclic amines) is 1. The number of aliphatic imine (C=N–C) groups is 1. The molecule has 31 heavy (non-hydrogen) atoms. The first-order valence-electron chi connectivity index (χ1n) is 11.5. The maximum absolute atomic E-state index is 12.7. The highest BCUT2D eigenvalue weighted by Gasteiger charge is 2.23. The molecule has 2 aliphatic rings. The van der Waals surface area contributed by atoms with Gasteiger partial charge in [0.15, 0.2) is 5.96 Å². The van der Waals surface area contributed by atoms with Gasteiger partial charge in [0.05, 0.1) is 12.2 Å². The second-order valence-corrected chi connectivity index (χ2v) is 8.35. The Balaban J connectivity index is 0.00000341. The fourth-order valence-electron chi connectivity index (χ4n) is 4.29. The van der Waals surface area contributed by atoms with E-state index >= 15 is 0 Å². The van der Waals surface area contributed by atoms with Crippen LogP contribution >= 0.6 is 24.0 Å². The number of aromatic nitrogens is 1. The number of hydrogen-bond donors (Lipinski definition) is 1. The summed E-state index contributed by atoms with van der Waals surface area (Å²) < 4.78 is 5.25. The van der Waals surface area contributed by atoms with E-state index in [1.807, 2.05) is 13.8 Å². The number of carbonyl (C=O) groups is 1. The highest BCUT2D eigenvalue weighted by atomic mass is 127. The summed E-state index contributed by atoms with van der Waals surface area (Å²) in [6.07, 6.45) is 5.64. The molecule has 3 heterocycles. The molecule has 2 aliphatic heterocycles. The minimum Gasteiger partial charge on any atom is -0.361 e. The predicted octanol–water partition coefficient (Wildman–Crippen LogP) is 2.44. The van der Waals surface area contributed by atoms with Gasteiger partial charge in [0.1, 0.15) is 5.76 Å². The SMILES string of the molecule is CCNC(=NCCc1c(C)noc1C)N1CCN(CC(=O)N2CCCCCC2)CC1.I. The zero-order valence-electron chi connectivity index (χ0n) is 19.4. The normalized spacial score (nSPS) is 18.5. The maximum atomic E-state index is 12.7. The number of halogens is 1. The first-order valence-corrected chi connectivity index (χ1v) is 11.5. The minimum atomic E-state index is 0. The smallest absolute Gasteiger partial charge is 0.236 e. The van der Waals surface area contributed by atoms with Crippen LogP contribution in [0.5, 0.6) is 0 Å². The van der Waals surface area contributed by atoms with Crippen molar-refractivity contribution in [2.75, 3.05) is 58.9 Å². The number of guanidine groups is 1. The molecule has 2 saturated heterocycles. The first-order chi connectivity index (χ1) is 14.6. The van der Waals surface area contributed by atoms with Crippen molar-refractivity contribution in [1.82, 2.24) is 25.2 Å². The molecule has 0 saturated carbocycles. The van der Waals surface area contributed by atoms with Crippen molar-refractivity contribution in [3.8, 4) is 0 Å². The third-order valence-corrected chi connectivity index (χ3v) is 6.13. The van der Waals surface area contributed by atoms with Gasteiger partial charge in [-0.05, 0) is 40.0 Å². The molecular weight excluding hydrogens is 507 g/mol. The molecule has 176 valence electrons. The Hall–Kier alpha value is -1.36. The van der Waals surface area contributed by atoms with E-state index in [0.717, 1.165) is 88.1 Å². The zero-order chi connectivity index (χ0) is 21.3. The molecule has 0 aromatic carbocycles. The average molecular weight is 546 g/mol. The number of carbonyl (C=O) groups excluding carboxylic acids is 1. The Labute approximate surface area is 203 Å². The number of aryl methyl sites for hydroxylation is 2. The molecule has 9 heteroatoms. The van der Waals surface area contributed by atoms with Crippen LogP contribution in [0, 0.1) is 13.8 Å². The van der Waals surface area contributed by atoms with Gasteiger partial charge in [-0.15, -0.1) is 24.0 Å². The second-order valence-electron chi connectivity index (χ2n) is 8.35. The minimum absolute atomic E-state index is 0. The van der Waals surface area contributed by atoms with Gasteiger partial charge >= 0.3 is 0 Å². The molecule has 1 amide bonds. The third-order valence-electron chi connectivity index (χ3n) is 6.13. The van der Waals surface area contributed by atoms with Crippen LogP contribution in [-0.4, -0.2) is 90.6 Å². The lowest BCUT2D eigenvalue weighted by atomic mass is 10.1. The Morgan fingerprint density at radius 3 is 2.29 bits per heavy atom. The van der Waals surface area contributed by atoms with E-state index in [-0.39, 0.29) is 24.0 Å². The van der Waals surface area contributed by atoms with Crippen LogP contribution in [0.4, 0.5) is 0 Å². The second kappa shape index (κ2) is 13.2. The molecule has 1 N–H and O–H groups in total. The summed E-state index contributed by atoms with van der Waals surface area (Å²) in [4.78, 5) is 24.2. The van der Waals surface area contributed by atoms with Crippen molar-refractivity contribution in [3.05, 3.63) is 17.0 Å². The molecule has 0 unspecified atom stereocenters. The summed E-state index contributed by atoms with van der Waals surface area (Å²) >= 11 is 0. The van der Waals surface area contributed by atoms with E-state index in [4.69, 9.17) is 9.52 Å². The van der Waals surface area contributed by atoms with E-state index in [1.165, 1.54) is 12.8 Å². The van der Waals surface area contributed by atoms with Crippen molar-refractivity contribution in [2.45, 2.75) is 52.9 Å². The topological polar surface area (TPSA) is 77.2 Å². The van der Waals surface area contributed by atoms with E-state index in [9.17, 15) is 4.79 Å². The number of piperazine rings is 1. The van der Waals surface area contributed by atoms with Gasteiger partial charge in [-0.2, -0.15) is 0 Å². The standard InChI is InChI=1S/C22H38N6O2.HI/c1-4-23-22(24-10-9-20-18(2)25-30-19(20)3)28-15-13-26(14-16-28)17-21(29)27-11-7-5-6-8-12-27;/h4-17H2,1-3H3,(H,23,24);1H. The first kappa shape index (κ1) is 25.9. The lowest BCUT2D eigenvalue weighted by Crippen LogP contribution is -2.54. The Morgan fingerprint density at radius 1 is 1.03 bits per heavy atom. The maximum Gasteiger partial charge on any atom is 0.236 e. The number of hydrogen-bond acceptors (Lipinski definition) is 5. The molecular formula is C22H39IN6O2. The van der Waals surface area contributed by atoms with Crippen molar-refractivity contribution >= 4 is 35.8 Å². The average Bonchev–Trinajstić information content (AvgIpc) is 2.94. The van der Waals surface area contributed by atoms with Crippen LogP contribution in [0.25, 0.3) is 0 Å². The van der Waals surface area contributed by atoms with Crippen molar-refractivity contribution in [2.24, 2.45) is 4.99 Å². The quantitative estimate of drug-likeness (QED) is 0.336. The van der Waals surface area contributed by atoms with Gasteiger partial charge in [-0.1, -0.05) is 18.0 Å². The fraction of sp³-hybridized carbons (Fsp3) is 0.773. The Morgan fingerprint density at radius 2 is 1.71 bits per heavy atom. The molecule has 3 rings (SSSR count). The van der Waals surface area contributed by atoms with Gasteiger partial charge in [0.25, 0.3) is 0 Å². The number of nitrogens with one attached hydrogen (secondary N) is 1. The lowest BCUT2D eigenvalue weighted by molar-refractivity contribution is -0.132. The van der Waals surface area contributed by atoms with Crippen LogP contribution in [0.3, 0.4) is 0 Å². The Bertz CT molecular complexity index is 687. The summed E-state index contributed by atoms with van der Waals surface area (Å²) in [6.45, 7) is 13.6. The molecule has 0 bridgehead atoms. The number of amides is 1. The zero-order valence-corrected chi connectivity index (χ0v) is 21.7. The van der Waals surface area contributed by atoms with Crippen LogP contribution in [0.15, 0.2) is 9.52 Å². The molecule has 0 atom stereocenters. The lowest BCUT2D eigenvalue weighted by Gasteiger charge is -2.37. The number of nitrogens with zero attached hydrogens (tertiary/aromatic N) is 5. The summed E-state index contributed by atoms with van der Waals surface area (Å²) in [7, 11) is 0. The van der Waals surface area contributed by atoms with Gasteiger partial charge < -0.3 is 19.6 Å². The Kier molecular flexibility index (Phi) is 11.1. The van der Waals surface area contributed by atoms with Crippen LogP contribution in [0.2, 0.25) is 0 Å². The number of rotatable bonds is 6. The van der Waals surface area contributed by atoms with E-state index in [0.29, 0.717) is 19.0 Å². The van der Waals surface area contributed by atoms with Crippen molar-refractivity contribution in [1.29, 1.82) is 0 Å². The molecule has 1 aromatic rings. The largest absolute Gasteiger partial charge is 0.361 e. The van der Waals surface area contributed by atoms with Gasteiger partial charge in [0, 0.05) is 57.9 Å². The van der Waals surface area contributed by atoms with E-state index in [1.54, 1.807) is 0 Å². The third kappa shape index (κ3) is 7.62. The summed E-state index contributed by atoms with van der Waals surface area (Å²) in [5.74, 6) is 2.14. The molecule has 1 aromatic heterocycles. The monoisotopic (exact) mass is 546 g/mol. The van der Waals surface area contributed by atoms with E-state index in [2.05, 4.69) is 32.1 Å². The van der Waals surface area contributed by atoms with Crippen molar-refractivity contribution in [3.63, 3.8) is 0 Å². The summed E-state index contributed by atoms with van der Waals surface area (Å²) in [5, 5.41) is 7.44. The van der Waals surface area contributed by atoms with Gasteiger partial charge in [-0.3, -0.25) is 14.7 Å². The molecule has 0 radical (unpaired) electrons. The molecule has 2 fully saturated rings. The summed E-state index contributed by atoms with van der Waals surface area (Å²) in [5.41, 5.74) is 2.11.